The summed E-state index contributed by atoms with van der Waals surface area (Å²) in [5.41, 5.74) is 1.19. The summed E-state index contributed by atoms with van der Waals surface area (Å²) in [5.74, 6) is 2.42. The van der Waals surface area contributed by atoms with Gasteiger partial charge in [0, 0.05) is 12.0 Å². The van der Waals surface area contributed by atoms with Crippen molar-refractivity contribution in [3.8, 4) is 11.5 Å². The molecule has 1 aliphatic rings. The lowest BCUT2D eigenvalue weighted by Crippen LogP contribution is -2.36. The quantitative estimate of drug-likeness (QED) is 0.740. The number of hydrogen-bond donors (Lipinski definition) is 0. The number of hydrogen-bond acceptors (Lipinski definition) is 2. The van der Waals surface area contributed by atoms with Crippen molar-refractivity contribution in [3.63, 3.8) is 0 Å². The third-order valence-electron chi connectivity index (χ3n) is 3.37. The zero-order valence-electron chi connectivity index (χ0n) is 9.83. The lowest BCUT2D eigenvalue weighted by atomic mass is 9.88. The molecule has 2 rings (SSSR count). The van der Waals surface area contributed by atoms with Gasteiger partial charge in [-0.15, -0.1) is 0 Å². The van der Waals surface area contributed by atoms with Crippen LogP contribution in [0.1, 0.15) is 26.3 Å². The molecule has 0 aliphatic carbocycles. The van der Waals surface area contributed by atoms with E-state index in [-0.39, 0.29) is 5.60 Å². The Bertz CT molecular complexity index is 371. The largest absolute Gasteiger partial charge is 0.497 e. The zero-order valence-corrected chi connectivity index (χ0v) is 9.83. The minimum Gasteiger partial charge on any atom is -0.497 e. The van der Waals surface area contributed by atoms with E-state index in [1.165, 1.54) is 5.56 Å². The third kappa shape index (κ3) is 1.69. The fourth-order valence-electron chi connectivity index (χ4n) is 1.91. The normalized spacial score (nSPS) is 23.8. The van der Waals surface area contributed by atoms with Crippen molar-refractivity contribution >= 4 is 0 Å². The maximum Gasteiger partial charge on any atom is 0.123 e. The molecule has 82 valence electrons. The van der Waals surface area contributed by atoms with E-state index < -0.39 is 0 Å². The van der Waals surface area contributed by atoms with Crippen LogP contribution in [0.4, 0.5) is 0 Å². The van der Waals surface area contributed by atoms with Gasteiger partial charge in [-0.1, -0.05) is 13.8 Å². The van der Waals surface area contributed by atoms with Crippen molar-refractivity contribution in [1.82, 2.24) is 0 Å². The van der Waals surface area contributed by atoms with Crippen LogP contribution in [-0.2, 0) is 6.42 Å². The SMILES string of the molecule is COc1ccc2c(c1)CC(C)(C(C)C)O2. The molecule has 0 saturated carbocycles. The second-order valence-corrected chi connectivity index (χ2v) is 4.72. The molecule has 0 bridgehead atoms. The van der Waals surface area contributed by atoms with Gasteiger partial charge < -0.3 is 9.47 Å². The van der Waals surface area contributed by atoms with Crippen molar-refractivity contribution in [1.29, 1.82) is 0 Å². The predicted molar refractivity (Wildman–Crippen MR) is 60.6 cm³/mol. The smallest absolute Gasteiger partial charge is 0.123 e. The van der Waals surface area contributed by atoms with Crippen LogP contribution in [-0.4, -0.2) is 12.7 Å². The summed E-state index contributed by atoms with van der Waals surface area (Å²) >= 11 is 0. The van der Waals surface area contributed by atoms with Gasteiger partial charge in [-0.25, -0.2) is 0 Å². The lowest BCUT2D eigenvalue weighted by Gasteiger charge is -2.28. The molecule has 0 saturated heterocycles. The fraction of sp³-hybridized carbons (Fsp3) is 0.538. The molecular weight excluding hydrogens is 188 g/mol. The standard InChI is InChI=1S/C13H18O2/c1-9(2)13(3)8-10-7-11(14-4)5-6-12(10)15-13/h5-7,9H,8H2,1-4H3. The molecule has 0 N–H and O–H groups in total. The molecule has 0 radical (unpaired) electrons. The molecule has 1 atom stereocenters. The molecule has 0 aromatic heterocycles. The Hall–Kier alpha value is -1.18. The first-order valence-corrected chi connectivity index (χ1v) is 5.41. The molecule has 0 spiro atoms. The van der Waals surface area contributed by atoms with Crippen molar-refractivity contribution in [2.45, 2.75) is 32.8 Å². The first-order chi connectivity index (χ1) is 7.05. The minimum absolute atomic E-state index is 0.0608. The van der Waals surface area contributed by atoms with Crippen LogP contribution >= 0.6 is 0 Å². The monoisotopic (exact) mass is 206 g/mol. The van der Waals surface area contributed by atoms with Gasteiger partial charge in [0.2, 0.25) is 0 Å². The molecule has 2 heteroatoms. The third-order valence-corrected chi connectivity index (χ3v) is 3.37. The summed E-state index contributed by atoms with van der Waals surface area (Å²) in [5, 5.41) is 0. The average molecular weight is 206 g/mol. The summed E-state index contributed by atoms with van der Waals surface area (Å²) in [4.78, 5) is 0. The highest BCUT2D eigenvalue weighted by molar-refractivity contribution is 5.44. The highest BCUT2D eigenvalue weighted by Crippen LogP contribution is 2.40. The van der Waals surface area contributed by atoms with Crippen molar-refractivity contribution < 1.29 is 9.47 Å². The van der Waals surface area contributed by atoms with E-state index in [4.69, 9.17) is 9.47 Å². The van der Waals surface area contributed by atoms with Crippen LogP contribution in [0, 0.1) is 5.92 Å². The van der Waals surface area contributed by atoms with Gasteiger partial charge in [0.15, 0.2) is 0 Å². The van der Waals surface area contributed by atoms with Crippen molar-refractivity contribution in [3.05, 3.63) is 23.8 Å². The van der Waals surface area contributed by atoms with Crippen LogP contribution in [0.5, 0.6) is 11.5 Å². The number of methoxy groups -OCH3 is 1. The Labute approximate surface area is 91.2 Å². The van der Waals surface area contributed by atoms with E-state index in [0.717, 1.165) is 17.9 Å². The average Bonchev–Trinajstić information content (AvgIpc) is 2.54. The summed E-state index contributed by atoms with van der Waals surface area (Å²) in [7, 11) is 1.69. The van der Waals surface area contributed by atoms with Gasteiger partial charge in [-0.05, 0) is 31.0 Å². The van der Waals surface area contributed by atoms with E-state index in [1.807, 2.05) is 12.1 Å². The molecule has 1 aromatic rings. The van der Waals surface area contributed by atoms with Crippen LogP contribution in [0.25, 0.3) is 0 Å². The Morgan fingerprint density at radius 2 is 2.13 bits per heavy atom. The second kappa shape index (κ2) is 3.44. The fourth-order valence-corrected chi connectivity index (χ4v) is 1.91. The number of fused-ring (bicyclic) bond motifs is 1. The number of benzene rings is 1. The van der Waals surface area contributed by atoms with Gasteiger partial charge in [0.05, 0.1) is 7.11 Å². The Morgan fingerprint density at radius 1 is 1.40 bits per heavy atom. The van der Waals surface area contributed by atoms with Crippen LogP contribution < -0.4 is 9.47 Å². The van der Waals surface area contributed by atoms with Crippen molar-refractivity contribution in [2.75, 3.05) is 7.11 Å². The van der Waals surface area contributed by atoms with Gasteiger partial charge in [0.25, 0.3) is 0 Å². The van der Waals surface area contributed by atoms with E-state index in [1.54, 1.807) is 7.11 Å². The molecule has 0 fully saturated rings. The molecular formula is C13H18O2. The van der Waals surface area contributed by atoms with Crippen LogP contribution in [0.3, 0.4) is 0 Å². The number of ether oxygens (including phenoxy) is 2. The van der Waals surface area contributed by atoms with Gasteiger partial charge in [0.1, 0.15) is 17.1 Å². The Morgan fingerprint density at radius 3 is 2.73 bits per heavy atom. The highest BCUT2D eigenvalue weighted by atomic mass is 16.5. The van der Waals surface area contributed by atoms with Crippen LogP contribution in [0.2, 0.25) is 0 Å². The molecule has 2 nitrogen and oxygen atoms in total. The molecule has 15 heavy (non-hydrogen) atoms. The first-order valence-electron chi connectivity index (χ1n) is 5.41. The summed E-state index contributed by atoms with van der Waals surface area (Å²) < 4.78 is 11.2. The highest BCUT2D eigenvalue weighted by Gasteiger charge is 2.37. The van der Waals surface area contributed by atoms with E-state index in [2.05, 4.69) is 26.8 Å². The van der Waals surface area contributed by atoms with E-state index >= 15 is 0 Å². The molecule has 1 heterocycles. The molecule has 1 unspecified atom stereocenters. The lowest BCUT2D eigenvalue weighted by molar-refractivity contribution is 0.0647. The molecule has 0 amide bonds. The summed E-state index contributed by atoms with van der Waals surface area (Å²) in [6.45, 7) is 6.57. The minimum atomic E-state index is -0.0608. The van der Waals surface area contributed by atoms with Gasteiger partial charge in [-0.2, -0.15) is 0 Å². The molecule has 1 aromatic carbocycles. The predicted octanol–water partition coefficient (Wildman–Crippen LogP) is 3.04. The topological polar surface area (TPSA) is 18.5 Å². The Kier molecular flexibility index (Phi) is 2.37. The van der Waals surface area contributed by atoms with E-state index in [0.29, 0.717) is 5.92 Å². The van der Waals surface area contributed by atoms with Gasteiger partial charge in [-0.3, -0.25) is 0 Å². The number of rotatable bonds is 2. The van der Waals surface area contributed by atoms with E-state index in [9.17, 15) is 0 Å². The summed E-state index contributed by atoms with van der Waals surface area (Å²) in [6.07, 6.45) is 0.969. The summed E-state index contributed by atoms with van der Waals surface area (Å²) in [6, 6.07) is 6.02. The van der Waals surface area contributed by atoms with Gasteiger partial charge >= 0.3 is 0 Å². The maximum atomic E-state index is 6.00. The Balaban J connectivity index is 2.31. The van der Waals surface area contributed by atoms with Crippen molar-refractivity contribution in [2.24, 2.45) is 5.92 Å². The molecule has 1 aliphatic heterocycles. The van der Waals surface area contributed by atoms with Crippen LogP contribution in [0.15, 0.2) is 18.2 Å². The zero-order chi connectivity index (χ0) is 11.1. The maximum absolute atomic E-state index is 6.00. The second-order valence-electron chi connectivity index (χ2n) is 4.72. The first kappa shape index (κ1) is 10.3.